The molecule has 0 aliphatic carbocycles. The molecule has 2 aromatic rings. The second-order valence-electron chi connectivity index (χ2n) is 7.06. The summed E-state index contributed by atoms with van der Waals surface area (Å²) in [5.74, 6) is -0.897. The highest BCUT2D eigenvalue weighted by atomic mass is 35.5. The van der Waals surface area contributed by atoms with Crippen LogP contribution in [0.4, 0.5) is 4.79 Å². The molecule has 2 amide bonds. The number of urea groups is 1. The molecule has 6 nitrogen and oxygen atoms in total. The second kappa shape index (κ2) is 9.56. The molecule has 2 atom stereocenters. The summed E-state index contributed by atoms with van der Waals surface area (Å²) in [7, 11) is 0. The number of carbonyl (C=O) groups is 3. The summed E-state index contributed by atoms with van der Waals surface area (Å²) in [4.78, 5) is 36.5. The van der Waals surface area contributed by atoms with Crippen molar-refractivity contribution in [1.82, 2.24) is 5.32 Å². The van der Waals surface area contributed by atoms with Crippen molar-refractivity contribution >= 4 is 29.4 Å². The number of halogens is 1. The molecule has 2 rings (SSSR count). The van der Waals surface area contributed by atoms with Crippen LogP contribution in [0.2, 0.25) is 5.02 Å². The maximum atomic E-state index is 12.8. The molecule has 0 heterocycles. The third-order valence-corrected chi connectivity index (χ3v) is 5.00. The molecule has 0 unspecified atom stereocenters. The number of primary amides is 1. The highest BCUT2D eigenvalue weighted by Crippen LogP contribution is 2.22. The van der Waals surface area contributed by atoms with Crippen molar-refractivity contribution in [3.63, 3.8) is 0 Å². The van der Waals surface area contributed by atoms with Crippen molar-refractivity contribution in [2.45, 2.75) is 46.3 Å². The second-order valence-corrected chi connectivity index (χ2v) is 7.50. The van der Waals surface area contributed by atoms with Crippen molar-refractivity contribution in [2.24, 2.45) is 5.73 Å². The van der Waals surface area contributed by atoms with Gasteiger partial charge in [0.25, 0.3) is 0 Å². The van der Waals surface area contributed by atoms with E-state index in [9.17, 15) is 14.4 Å². The van der Waals surface area contributed by atoms with Crippen LogP contribution < -0.4 is 11.1 Å². The van der Waals surface area contributed by atoms with Gasteiger partial charge in [0.1, 0.15) is 0 Å². The first-order chi connectivity index (χ1) is 13.6. The predicted octanol–water partition coefficient (Wildman–Crippen LogP) is 4.18. The predicted molar refractivity (Wildman–Crippen MR) is 112 cm³/mol. The summed E-state index contributed by atoms with van der Waals surface area (Å²) in [6, 6.07) is 8.94. The standard InChI is InChI=1S/C22H25ClN2O4/c1-12-9-14(3)18(10-13(12)2)21(27)15(4)29-20(26)11-19(25-22(24)28)16-5-7-17(23)8-6-16/h5-10,15,19H,11H2,1-4H3,(H3,24,25,28)/t15-,19-/m0/s1. The van der Waals surface area contributed by atoms with E-state index in [-0.39, 0.29) is 12.2 Å². The van der Waals surface area contributed by atoms with Crippen LogP contribution in [0.1, 0.15) is 52.0 Å². The number of rotatable bonds is 7. The van der Waals surface area contributed by atoms with Gasteiger partial charge in [-0.1, -0.05) is 29.8 Å². The number of aryl methyl sites for hydroxylation is 3. The van der Waals surface area contributed by atoms with Gasteiger partial charge in [-0.3, -0.25) is 9.59 Å². The first-order valence-corrected chi connectivity index (χ1v) is 9.59. The summed E-state index contributed by atoms with van der Waals surface area (Å²) >= 11 is 5.88. The van der Waals surface area contributed by atoms with E-state index in [1.807, 2.05) is 32.9 Å². The van der Waals surface area contributed by atoms with Crippen LogP contribution >= 0.6 is 11.6 Å². The Labute approximate surface area is 175 Å². The minimum absolute atomic E-state index is 0.173. The summed E-state index contributed by atoms with van der Waals surface area (Å²) in [6.45, 7) is 7.28. The van der Waals surface area contributed by atoms with Gasteiger partial charge in [0, 0.05) is 10.6 Å². The van der Waals surface area contributed by atoms with Crippen molar-refractivity contribution < 1.29 is 19.1 Å². The van der Waals surface area contributed by atoms with Gasteiger partial charge in [-0.25, -0.2) is 4.79 Å². The highest BCUT2D eigenvalue weighted by Gasteiger charge is 2.24. The number of nitrogens with one attached hydrogen (secondary N) is 1. The minimum Gasteiger partial charge on any atom is -0.454 e. The number of carbonyl (C=O) groups excluding carboxylic acids is 3. The van der Waals surface area contributed by atoms with Crippen molar-refractivity contribution in [2.75, 3.05) is 0 Å². The molecule has 154 valence electrons. The number of esters is 1. The summed E-state index contributed by atoms with van der Waals surface area (Å²) in [5.41, 5.74) is 9.31. The van der Waals surface area contributed by atoms with E-state index in [2.05, 4.69) is 5.32 Å². The molecule has 0 saturated carbocycles. The van der Waals surface area contributed by atoms with Gasteiger partial charge < -0.3 is 15.8 Å². The van der Waals surface area contributed by atoms with E-state index in [1.165, 1.54) is 6.92 Å². The lowest BCUT2D eigenvalue weighted by molar-refractivity contribution is -0.146. The number of ether oxygens (including phenoxy) is 1. The Kier molecular flexibility index (Phi) is 7.40. The fourth-order valence-electron chi connectivity index (χ4n) is 3.03. The first-order valence-electron chi connectivity index (χ1n) is 9.21. The monoisotopic (exact) mass is 416 g/mol. The average Bonchev–Trinajstić information content (AvgIpc) is 2.63. The first kappa shape index (κ1) is 22.4. The molecule has 0 spiro atoms. The maximum absolute atomic E-state index is 12.8. The molecule has 0 aliphatic rings. The van der Waals surface area contributed by atoms with Gasteiger partial charge in [0.2, 0.25) is 5.78 Å². The number of amides is 2. The quantitative estimate of drug-likeness (QED) is 0.522. The largest absolute Gasteiger partial charge is 0.454 e. The minimum atomic E-state index is -0.956. The zero-order chi connectivity index (χ0) is 21.7. The fraction of sp³-hybridized carbons (Fsp3) is 0.318. The van der Waals surface area contributed by atoms with Gasteiger partial charge in [-0.2, -0.15) is 0 Å². The van der Waals surface area contributed by atoms with Crippen LogP contribution in [0.25, 0.3) is 0 Å². The number of hydrogen-bond donors (Lipinski definition) is 2. The lowest BCUT2D eigenvalue weighted by Gasteiger charge is -2.19. The average molecular weight is 417 g/mol. The molecule has 0 radical (unpaired) electrons. The molecule has 3 N–H and O–H groups in total. The van der Waals surface area contributed by atoms with Crippen molar-refractivity contribution in [3.05, 3.63) is 69.2 Å². The molecular formula is C22H25ClN2O4. The SMILES string of the molecule is Cc1cc(C)c(C(=O)[C@H](C)OC(=O)C[C@H](NC(N)=O)c2ccc(Cl)cc2)cc1C. The molecule has 29 heavy (non-hydrogen) atoms. The molecule has 0 fully saturated rings. The topological polar surface area (TPSA) is 98.5 Å². The summed E-state index contributed by atoms with van der Waals surface area (Å²) < 4.78 is 5.34. The van der Waals surface area contributed by atoms with Crippen LogP contribution in [0.15, 0.2) is 36.4 Å². The Morgan fingerprint density at radius 3 is 2.21 bits per heavy atom. The molecule has 2 aromatic carbocycles. The number of ketones is 1. The van der Waals surface area contributed by atoms with E-state index in [0.717, 1.165) is 16.7 Å². The Morgan fingerprint density at radius 2 is 1.62 bits per heavy atom. The number of Topliss-reactive ketones (excluding diaryl/α,β-unsaturated/α-hetero) is 1. The van der Waals surface area contributed by atoms with Crippen LogP contribution in [0.3, 0.4) is 0 Å². The zero-order valence-corrected chi connectivity index (χ0v) is 17.7. The van der Waals surface area contributed by atoms with Gasteiger partial charge in [-0.15, -0.1) is 0 Å². The summed E-state index contributed by atoms with van der Waals surface area (Å²) in [6.07, 6.45) is -1.13. The number of hydrogen-bond acceptors (Lipinski definition) is 4. The fourth-order valence-corrected chi connectivity index (χ4v) is 3.16. The third kappa shape index (κ3) is 6.06. The zero-order valence-electron chi connectivity index (χ0n) is 16.9. The van der Waals surface area contributed by atoms with E-state index < -0.39 is 24.1 Å². The Balaban J connectivity index is 2.10. The van der Waals surface area contributed by atoms with Crippen molar-refractivity contribution in [3.8, 4) is 0 Å². The smallest absolute Gasteiger partial charge is 0.312 e. The van der Waals surface area contributed by atoms with Crippen LogP contribution in [-0.2, 0) is 9.53 Å². The Hall–Kier alpha value is -2.86. The molecule has 7 heteroatoms. The van der Waals surface area contributed by atoms with E-state index in [4.69, 9.17) is 22.1 Å². The third-order valence-electron chi connectivity index (χ3n) is 4.74. The normalized spacial score (nSPS) is 12.7. The maximum Gasteiger partial charge on any atom is 0.312 e. The molecule has 0 saturated heterocycles. The Morgan fingerprint density at radius 1 is 1.03 bits per heavy atom. The van der Waals surface area contributed by atoms with Gasteiger partial charge in [-0.05, 0) is 68.1 Å². The van der Waals surface area contributed by atoms with Crippen LogP contribution in [0.5, 0.6) is 0 Å². The number of nitrogens with two attached hydrogens (primary N) is 1. The van der Waals surface area contributed by atoms with Gasteiger partial charge in [0.05, 0.1) is 12.5 Å². The van der Waals surface area contributed by atoms with Gasteiger partial charge >= 0.3 is 12.0 Å². The molecule has 0 aromatic heterocycles. The van der Waals surface area contributed by atoms with E-state index >= 15 is 0 Å². The number of benzene rings is 2. The Bertz CT molecular complexity index is 925. The van der Waals surface area contributed by atoms with Crippen LogP contribution in [0, 0.1) is 20.8 Å². The van der Waals surface area contributed by atoms with E-state index in [1.54, 1.807) is 24.3 Å². The van der Waals surface area contributed by atoms with Crippen molar-refractivity contribution in [1.29, 1.82) is 0 Å². The van der Waals surface area contributed by atoms with Crippen LogP contribution in [-0.4, -0.2) is 23.9 Å². The lowest BCUT2D eigenvalue weighted by Crippen LogP contribution is -2.35. The molecule has 0 bridgehead atoms. The highest BCUT2D eigenvalue weighted by molar-refractivity contribution is 6.30. The van der Waals surface area contributed by atoms with E-state index in [0.29, 0.717) is 16.1 Å². The lowest BCUT2D eigenvalue weighted by atomic mass is 9.96. The van der Waals surface area contributed by atoms with Gasteiger partial charge in [0.15, 0.2) is 6.10 Å². The molecular weight excluding hydrogens is 392 g/mol. The summed E-state index contributed by atoms with van der Waals surface area (Å²) in [5, 5.41) is 3.04. The molecule has 0 aliphatic heterocycles.